The highest BCUT2D eigenvalue weighted by atomic mass is 35.5. The van der Waals surface area contributed by atoms with Crippen molar-refractivity contribution in [3.8, 4) is 11.4 Å². The van der Waals surface area contributed by atoms with E-state index in [4.69, 9.17) is 28.6 Å². The van der Waals surface area contributed by atoms with Crippen molar-refractivity contribution in [3.63, 3.8) is 0 Å². The Bertz CT molecular complexity index is 856. The van der Waals surface area contributed by atoms with Gasteiger partial charge < -0.3 is 9.72 Å². The molecule has 0 spiro atoms. The lowest BCUT2D eigenvalue weighted by Gasteiger charge is -2.07. The molecule has 0 saturated heterocycles. The van der Waals surface area contributed by atoms with Gasteiger partial charge in [-0.3, -0.25) is 4.57 Å². The smallest absolute Gasteiger partial charge is 0.182 e. The monoisotopic (exact) mass is 308 g/mol. The zero-order valence-electron chi connectivity index (χ0n) is 10.5. The number of fused-ring (bicyclic) bond motifs is 1. The highest BCUT2D eigenvalue weighted by Gasteiger charge is 2.11. The number of aromatic amines is 1. The van der Waals surface area contributed by atoms with Crippen molar-refractivity contribution in [2.24, 2.45) is 0 Å². The molecule has 2 aromatic carbocycles. The van der Waals surface area contributed by atoms with Gasteiger partial charge in [0.05, 0.1) is 23.8 Å². The summed E-state index contributed by atoms with van der Waals surface area (Å²) in [6.07, 6.45) is 0. The van der Waals surface area contributed by atoms with Gasteiger partial charge in [0.15, 0.2) is 4.77 Å². The van der Waals surface area contributed by atoms with E-state index in [1.807, 2.05) is 12.1 Å². The summed E-state index contributed by atoms with van der Waals surface area (Å²) in [6.45, 7) is 0. The molecule has 0 amide bonds. The quantitative estimate of drug-likeness (QED) is 0.707. The molecule has 0 fully saturated rings. The van der Waals surface area contributed by atoms with E-state index in [1.54, 1.807) is 29.9 Å². The van der Waals surface area contributed by atoms with Crippen molar-refractivity contribution in [2.45, 2.75) is 0 Å². The summed E-state index contributed by atoms with van der Waals surface area (Å²) in [7, 11) is 1.58. The summed E-state index contributed by atoms with van der Waals surface area (Å²) in [4.78, 5) is 3.04. The van der Waals surface area contributed by atoms with Gasteiger partial charge in [0.1, 0.15) is 11.6 Å². The lowest BCUT2D eigenvalue weighted by molar-refractivity contribution is 0.415. The molecule has 0 aliphatic heterocycles. The summed E-state index contributed by atoms with van der Waals surface area (Å²) in [5, 5.41) is 0.343. The van der Waals surface area contributed by atoms with Gasteiger partial charge in [0.25, 0.3) is 0 Å². The Kier molecular flexibility index (Phi) is 3.23. The normalized spacial score (nSPS) is 10.9. The first-order chi connectivity index (χ1) is 9.60. The maximum atomic E-state index is 14.1. The van der Waals surface area contributed by atoms with Crippen molar-refractivity contribution < 1.29 is 9.13 Å². The van der Waals surface area contributed by atoms with E-state index in [9.17, 15) is 4.39 Å². The molecule has 0 aliphatic rings. The van der Waals surface area contributed by atoms with Crippen molar-refractivity contribution in [1.82, 2.24) is 9.55 Å². The first-order valence-corrected chi connectivity index (χ1v) is 6.63. The van der Waals surface area contributed by atoms with Gasteiger partial charge in [0, 0.05) is 11.1 Å². The van der Waals surface area contributed by atoms with Crippen LogP contribution in [0.15, 0.2) is 36.4 Å². The molecule has 20 heavy (non-hydrogen) atoms. The standard InChI is InChI=1S/C14H10ClFN2OS/c1-19-9-3-4-11-13(7-9)18(14(20)17-11)12-5-2-8(15)6-10(12)16/h2-7H,1H3,(H,17,20). The second-order valence-corrected chi connectivity index (χ2v) is 5.07. The van der Waals surface area contributed by atoms with Crippen molar-refractivity contribution in [1.29, 1.82) is 0 Å². The molecular weight excluding hydrogens is 299 g/mol. The maximum absolute atomic E-state index is 14.1. The van der Waals surface area contributed by atoms with E-state index in [1.165, 1.54) is 6.07 Å². The Morgan fingerprint density at radius 1 is 1.25 bits per heavy atom. The Labute approximate surface area is 124 Å². The van der Waals surface area contributed by atoms with E-state index < -0.39 is 5.82 Å². The van der Waals surface area contributed by atoms with E-state index in [2.05, 4.69) is 4.98 Å². The second-order valence-electron chi connectivity index (χ2n) is 4.24. The number of nitrogens with one attached hydrogen (secondary N) is 1. The number of hydrogen-bond acceptors (Lipinski definition) is 2. The zero-order chi connectivity index (χ0) is 14.3. The first kappa shape index (κ1) is 13.1. The molecule has 1 aromatic heterocycles. The van der Waals surface area contributed by atoms with Crippen LogP contribution in [0, 0.1) is 10.6 Å². The summed E-state index contributed by atoms with van der Waals surface area (Å²) in [5.74, 6) is 0.243. The third-order valence-corrected chi connectivity index (χ3v) is 3.56. The molecule has 102 valence electrons. The number of methoxy groups -OCH3 is 1. The predicted octanol–water partition coefficient (Wildman–Crippen LogP) is 4.49. The van der Waals surface area contributed by atoms with Crippen LogP contribution in [0.1, 0.15) is 0 Å². The minimum atomic E-state index is -0.433. The number of aromatic nitrogens is 2. The molecule has 3 nitrogen and oxygen atoms in total. The molecule has 6 heteroatoms. The Hall–Kier alpha value is -1.85. The fourth-order valence-electron chi connectivity index (χ4n) is 2.11. The van der Waals surface area contributed by atoms with Crippen LogP contribution < -0.4 is 4.74 Å². The van der Waals surface area contributed by atoms with Crippen LogP contribution in [-0.2, 0) is 0 Å². The minimum absolute atomic E-state index is 0.343. The lowest BCUT2D eigenvalue weighted by atomic mass is 10.2. The van der Waals surface area contributed by atoms with Crippen molar-refractivity contribution >= 4 is 34.9 Å². The number of imidazole rings is 1. The van der Waals surface area contributed by atoms with Crippen LogP contribution in [0.3, 0.4) is 0 Å². The van der Waals surface area contributed by atoms with Gasteiger partial charge in [0.2, 0.25) is 0 Å². The molecule has 3 rings (SSSR count). The van der Waals surface area contributed by atoms with Crippen LogP contribution in [0.25, 0.3) is 16.7 Å². The number of halogens is 2. The zero-order valence-corrected chi connectivity index (χ0v) is 12.1. The molecule has 1 heterocycles. The SMILES string of the molecule is COc1ccc2[nH]c(=S)n(-c3ccc(Cl)cc3F)c2c1. The van der Waals surface area contributed by atoms with Crippen LogP contribution >= 0.6 is 23.8 Å². The molecule has 0 bridgehead atoms. The van der Waals surface area contributed by atoms with Gasteiger partial charge in [-0.2, -0.15) is 0 Å². The van der Waals surface area contributed by atoms with E-state index >= 15 is 0 Å². The van der Waals surface area contributed by atoms with Gasteiger partial charge in [-0.15, -0.1) is 0 Å². The number of ether oxygens (including phenoxy) is 1. The van der Waals surface area contributed by atoms with E-state index in [0.29, 0.717) is 21.2 Å². The van der Waals surface area contributed by atoms with Gasteiger partial charge in [-0.25, -0.2) is 4.39 Å². The van der Waals surface area contributed by atoms with Crippen LogP contribution in [0.5, 0.6) is 5.75 Å². The molecule has 0 atom stereocenters. The molecular formula is C14H10ClFN2OS. The van der Waals surface area contributed by atoms with Gasteiger partial charge >= 0.3 is 0 Å². The average Bonchev–Trinajstić information content (AvgIpc) is 2.74. The number of H-pyrrole nitrogens is 1. The predicted molar refractivity (Wildman–Crippen MR) is 80.0 cm³/mol. The molecule has 0 unspecified atom stereocenters. The summed E-state index contributed by atoms with van der Waals surface area (Å²) < 4.78 is 21.3. The largest absolute Gasteiger partial charge is 0.497 e. The fraction of sp³-hybridized carbons (Fsp3) is 0.0714. The van der Waals surface area contributed by atoms with E-state index in [0.717, 1.165) is 11.0 Å². The topological polar surface area (TPSA) is 29.9 Å². The summed E-state index contributed by atoms with van der Waals surface area (Å²) in [6, 6.07) is 9.94. The fourth-order valence-corrected chi connectivity index (χ4v) is 2.58. The lowest BCUT2D eigenvalue weighted by Crippen LogP contribution is -1.97. The van der Waals surface area contributed by atoms with Crippen LogP contribution in [-0.4, -0.2) is 16.7 Å². The first-order valence-electron chi connectivity index (χ1n) is 5.84. The summed E-state index contributed by atoms with van der Waals surface area (Å²) in [5.41, 5.74) is 1.90. The van der Waals surface area contributed by atoms with E-state index in [-0.39, 0.29) is 0 Å². The molecule has 0 saturated carbocycles. The third kappa shape index (κ3) is 2.09. The Morgan fingerprint density at radius 2 is 2.05 bits per heavy atom. The van der Waals surface area contributed by atoms with Crippen LogP contribution in [0.4, 0.5) is 4.39 Å². The Balaban J connectivity index is 2.34. The van der Waals surface area contributed by atoms with Crippen molar-refractivity contribution in [3.05, 3.63) is 52.0 Å². The number of hydrogen-bond donors (Lipinski definition) is 1. The summed E-state index contributed by atoms with van der Waals surface area (Å²) >= 11 is 11.1. The minimum Gasteiger partial charge on any atom is -0.497 e. The number of nitrogens with zero attached hydrogens (tertiary/aromatic N) is 1. The molecule has 0 radical (unpaired) electrons. The third-order valence-electron chi connectivity index (χ3n) is 3.04. The number of benzene rings is 2. The molecule has 0 aliphatic carbocycles. The average molecular weight is 309 g/mol. The molecule has 1 N–H and O–H groups in total. The maximum Gasteiger partial charge on any atom is 0.182 e. The Morgan fingerprint density at radius 3 is 2.75 bits per heavy atom. The van der Waals surface area contributed by atoms with Gasteiger partial charge in [-0.1, -0.05) is 11.6 Å². The van der Waals surface area contributed by atoms with Crippen molar-refractivity contribution in [2.75, 3.05) is 7.11 Å². The number of rotatable bonds is 2. The highest BCUT2D eigenvalue weighted by molar-refractivity contribution is 7.71. The molecule has 3 aromatic rings. The van der Waals surface area contributed by atoms with Gasteiger partial charge in [-0.05, 0) is 42.5 Å². The van der Waals surface area contributed by atoms with Crippen LogP contribution in [0.2, 0.25) is 5.02 Å². The highest BCUT2D eigenvalue weighted by Crippen LogP contribution is 2.26. The second kappa shape index (κ2) is 4.92.